The van der Waals surface area contributed by atoms with Crippen molar-refractivity contribution in [3.8, 4) is 0 Å². The summed E-state index contributed by atoms with van der Waals surface area (Å²) in [5, 5.41) is 19.8. The Kier molecular flexibility index (Phi) is 3.82. The Morgan fingerprint density at radius 3 is 2.44 bits per heavy atom. The molecule has 1 aromatic carbocycles. The van der Waals surface area contributed by atoms with E-state index in [-0.39, 0.29) is 6.54 Å². The molecular formula is C10H12N2O4. The summed E-state index contributed by atoms with van der Waals surface area (Å²) in [5.74, 6) is 0. The fourth-order valence-corrected chi connectivity index (χ4v) is 1.45. The van der Waals surface area contributed by atoms with Crippen LogP contribution in [0.5, 0.6) is 0 Å². The minimum absolute atomic E-state index is 0.0654. The van der Waals surface area contributed by atoms with Crippen LogP contribution in [0.1, 0.15) is 18.7 Å². The van der Waals surface area contributed by atoms with Gasteiger partial charge in [0.1, 0.15) is 0 Å². The standard InChI is InChI=1S/C10H12N2O4/c1-2-11(10(13)14)9(12(15)16)8-6-4-3-5-7-8/h3-7,9H,2H2,1H3,(H,13,14). The lowest BCUT2D eigenvalue weighted by atomic mass is 10.1. The van der Waals surface area contributed by atoms with E-state index in [0.717, 1.165) is 4.90 Å². The Labute approximate surface area is 92.3 Å². The average Bonchev–Trinajstić information content (AvgIpc) is 2.25. The van der Waals surface area contributed by atoms with Crippen LogP contribution in [0.2, 0.25) is 0 Å². The molecule has 1 atom stereocenters. The highest BCUT2D eigenvalue weighted by Crippen LogP contribution is 2.20. The van der Waals surface area contributed by atoms with Gasteiger partial charge in [-0.25, -0.2) is 9.69 Å². The van der Waals surface area contributed by atoms with E-state index >= 15 is 0 Å². The first-order valence-electron chi connectivity index (χ1n) is 4.76. The molecule has 0 radical (unpaired) electrons. The van der Waals surface area contributed by atoms with E-state index in [2.05, 4.69) is 0 Å². The highest BCUT2D eigenvalue weighted by Gasteiger charge is 2.32. The Hall–Kier alpha value is -2.11. The largest absolute Gasteiger partial charge is 0.465 e. The second kappa shape index (κ2) is 5.11. The first-order chi connectivity index (χ1) is 7.57. The Morgan fingerprint density at radius 1 is 1.50 bits per heavy atom. The smallest absolute Gasteiger partial charge is 0.412 e. The summed E-state index contributed by atoms with van der Waals surface area (Å²) < 4.78 is 0. The maximum Gasteiger partial charge on any atom is 0.412 e. The quantitative estimate of drug-likeness (QED) is 0.481. The van der Waals surface area contributed by atoms with Crippen molar-refractivity contribution >= 4 is 6.09 Å². The fourth-order valence-electron chi connectivity index (χ4n) is 1.45. The summed E-state index contributed by atoms with van der Waals surface area (Å²) in [7, 11) is 0. The van der Waals surface area contributed by atoms with Crippen molar-refractivity contribution in [2.45, 2.75) is 13.1 Å². The van der Waals surface area contributed by atoms with Crippen molar-refractivity contribution in [3.63, 3.8) is 0 Å². The molecule has 1 unspecified atom stereocenters. The summed E-state index contributed by atoms with van der Waals surface area (Å²) in [5.41, 5.74) is 0.358. The Bertz CT molecular complexity index is 380. The molecule has 6 nitrogen and oxygen atoms in total. The monoisotopic (exact) mass is 224 g/mol. The summed E-state index contributed by atoms with van der Waals surface area (Å²) in [6.45, 7) is 1.63. The molecule has 16 heavy (non-hydrogen) atoms. The van der Waals surface area contributed by atoms with E-state index in [9.17, 15) is 14.9 Å². The highest BCUT2D eigenvalue weighted by atomic mass is 16.6. The van der Waals surface area contributed by atoms with Crippen molar-refractivity contribution < 1.29 is 14.8 Å². The van der Waals surface area contributed by atoms with Crippen LogP contribution in [0, 0.1) is 10.1 Å². The predicted octanol–water partition coefficient (Wildman–Crippen LogP) is 1.96. The molecule has 86 valence electrons. The van der Waals surface area contributed by atoms with Gasteiger partial charge in [-0.05, 0) is 6.92 Å². The molecule has 0 aliphatic rings. The van der Waals surface area contributed by atoms with Crippen LogP contribution in [-0.2, 0) is 0 Å². The molecule has 0 heterocycles. The van der Waals surface area contributed by atoms with Crippen LogP contribution in [0.25, 0.3) is 0 Å². The molecule has 1 amide bonds. The van der Waals surface area contributed by atoms with Crippen LogP contribution < -0.4 is 0 Å². The highest BCUT2D eigenvalue weighted by molar-refractivity contribution is 5.65. The van der Waals surface area contributed by atoms with Gasteiger partial charge in [-0.3, -0.25) is 10.1 Å². The third-order valence-electron chi connectivity index (χ3n) is 2.18. The van der Waals surface area contributed by atoms with Gasteiger partial charge in [0.25, 0.3) is 0 Å². The molecule has 1 N–H and O–H groups in total. The zero-order valence-corrected chi connectivity index (χ0v) is 8.74. The van der Waals surface area contributed by atoms with Gasteiger partial charge < -0.3 is 5.11 Å². The van der Waals surface area contributed by atoms with Crippen LogP contribution in [-0.4, -0.2) is 27.6 Å². The van der Waals surface area contributed by atoms with E-state index in [1.807, 2.05) is 0 Å². The molecule has 0 saturated heterocycles. The fraction of sp³-hybridized carbons (Fsp3) is 0.300. The Morgan fingerprint density at radius 2 is 2.06 bits per heavy atom. The van der Waals surface area contributed by atoms with E-state index in [1.54, 1.807) is 37.3 Å². The number of nitro groups is 1. The van der Waals surface area contributed by atoms with Gasteiger partial charge in [-0.2, -0.15) is 0 Å². The zero-order chi connectivity index (χ0) is 12.1. The number of nitrogens with zero attached hydrogens (tertiary/aromatic N) is 2. The molecule has 0 spiro atoms. The molecule has 0 aromatic heterocycles. The average molecular weight is 224 g/mol. The Balaban J connectivity index is 3.09. The van der Waals surface area contributed by atoms with Crippen LogP contribution in [0.15, 0.2) is 30.3 Å². The van der Waals surface area contributed by atoms with Crippen molar-refractivity contribution in [1.82, 2.24) is 4.90 Å². The van der Waals surface area contributed by atoms with Gasteiger partial charge in [0.2, 0.25) is 0 Å². The van der Waals surface area contributed by atoms with E-state index in [1.165, 1.54) is 0 Å². The van der Waals surface area contributed by atoms with Gasteiger partial charge in [-0.1, -0.05) is 30.3 Å². The van der Waals surface area contributed by atoms with E-state index in [0.29, 0.717) is 5.56 Å². The van der Waals surface area contributed by atoms with Gasteiger partial charge in [0.05, 0.1) is 4.92 Å². The number of hydrogen-bond acceptors (Lipinski definition) is 3. The summed E-state index contributed by atoms with van der Waals surface area (Å²) >= 11 is 0. The molecule has 0 fully saturated rings. The predicted molar refractivity (Wildman–Crippen MR) is 56.6 cm³/mol. The number of carboxylic acid groups (broad SMARTS) is 1. The minimum atomic E-state index is -1.34. The lowest BCUT2D eigenvalue weighted by Crippen LogP contribution is -2.37. The normalized spacial score (nSPS) is 11.8. The molecule has 1 aromatic rings. The summed E-state index contributed by atoms with van der Waals surface area (Å²) in [6, 6.07) is 8.08. The topological polar surface area (TPSA) is 83.7 Å². The van der Waals surface area contributed by atoms with Crippen LogP contribution >= 0.6 is 0 Å². The van der Waals surface area contributed by atoms with Gasteiger partial charge >= 0.3 is 12.3 Å². The lowest BCUT2D eigenvalue weighted by Gasteiger charge is -2.21. The van der Waals surface area contributed by atoms with Crippen LogP contribution in [0.3, 0.4) is 0 Å². The van der Waals surface area contributed by atoms with Crippen molar-refractivity contribution in [1.29, 1.82) is 0 Å². The number of carbonyl (C=O) groups is 1. The number of rotatable bonds is 4. The third-order valence-corrected chi connectivity index (χ3v) is 2.18. The summed E-state index contributed by atoms with van der Waals surface area (Å²) in [6.07, 6.45) is -2.64. The minimum Gasteiger partial charge on any atom is -0.465 e. The van der Waals surface area contributed by atoms with Crippen LogP contribution in [0.4, 0.5) is 4.79 Å². The molecule has 1 rings (SSSR count). The molecule has 0 aliphatic heterocycles. The SMILES string of the molecule is CCN(C(=O)O)C(c1ccccc1)[N+](=O)[O-]. The van der Waals surface area contributed by atoms with Gasteiger partial charge in [-0.15, -0.1) is 0 Å². The van der Waals surface area contributed by atoms with Crippen molar-refractivity contribution in [3.05, 3.63) is 46.0 Å². The third kappa shape index (κ3) is 2.47. The molecular weight excluding hydrogens is 212 g/mol. The number of amides is 1. The van der Waals surface area contributed by atoms with E-state index < -0.39 is 17.2 Å². The second-order valence-corrected chi connectivity index (χ2v) is 3.14. The molecule has 0 aliphatic carbocycles. The first kappa shape index (κ1) is 12.0. The van der Waals surface area contributed by atoms with Gasteiger partial charge in [0, 0.05) is 12.1 Å². The van der Waals surface area contributed by atoms with Gasteiger partial charge in [0.15, 0.2) is 0 Å². The second-order valence-electron chi connectivity index (χ2n) is 3.14. The number of benzene rings is 1. The first-order valence-corrected chi connectivity index (χ1v) is 4.76. The summed E-state index contributed by atoms with van der Waals surface area (Å²) in [4.78, 5) is 22.0. The maximum absolute atomic E-state index is 10.9. The van der Waals surface area contributed by atoms with E-state index in [4.69, 9.17) is 5.11 Å². The molecule has 0 saturated carbocycles. The maximum atomic E-state index is 10.9. The lowest BCUT2D eigenvalue weighted by molar-refractivity contribution is -0.553. The van der Waals surface area contributed by atoms with Crippen molar-refractivity contribution in [2.75, 3.05) is 6.54 Å². The molecule has 0 bridgehead atoms. The number of hydrogen-bond donors (Lipinski definition) is 1. The molecule has 6 heteroatoms. The zero-order valence-electron chi connectivity index (χ0n) is 8.74. The van der Waals surface area contributed by atoms with Crippen molar-refractivity contribution in [2.24, 2.45) is 0 Å².